The Kier molecular flexibility index (Phi) is 3.27. The Hall–Kier alpha value is -1.33. The largest absolute Gasteiger partial charge is 0.394 e. The molecule has 0 amide bonds. The average molecular weight is 197 g/mol. The van der Waals surface area contributed by atoms with Gasteiger partial charge in [0.2, 0.25) is 0 Å². The van der Waals surface area contributed by atoms with Crippen molar-refractivity contribution in [3.05, 3.63) is 18.3 Å². The lowest BCUT2D eigenvalue weighted by Gasteiger charge is -2.27. The number of nitrogens with one attached hydrogen (secondary N) is 1. The zero-order chi connectivity index (χ0) is 10.6. The van der Waals surface area contributed by atoms with E-state index in [1.165, 1.54) is 0 Å². The van der Waals surface area contributed by atoms with Crippen LogP contribution in [0.5, 0.6) is 0 Å². The first-order valence-electron chi connectivity index (χ1n) is 4.31. The predicted octanol–water partition coefficient (Wildman–Crippen LogP) is -0.181. The van der Waals surface area contributed by atoms with Crippen molar-refractivity contribution in [2.24, 2.45) is 0 Å². The van der Waals surface area contributed by atoms with Gasteiger partial charge in [0, 0.05) is 18.0 Å². The van der Waals surface area contributed by atoms with E-state index in [0.717, 1.165) is 5.69 Å². The third-order valence-corrected chi connectivity index (χ3v) is 1.93. The molecule has 1 rings (SSSR count). The van der Waals surface area contributed by atoms with Crippen LogP contribution in [0.3, 0.4) is 0 Å². The molecule has 5 heteroatoms. The predicted molar refractivity (Wildman–Crippen MR) is 54.8 cm³/mol. The summed E-state index contributed by atoms with van der Waals surface area (Å²) >= 11 is 0. The number of anilines is 2. The molecule has 0 bridgehead atoms. The van der Waals surface area contributed by atoms with Crippen molar-refractivity contribution in [1.82, 2.24) is 4.98 Å². The molecule has 0 spiro atoms. The lowest BCUT2D eigenvalue weighted by atomic mass is 10.1. The maximum absolute atomic E-state index is 9.05. The number of aliphatic hydroxyl groups excluding tert-OH is 2. The summed E-state index contributed by atoms with van der Waals surface area (Å²) in [5.41, 5.74) is 5.47. The fourth-order valence-electron chi connectivity index (χ4n) is 1.00. The molecule has 5 nitrogen and oxygen atoms in total. The summed E-state index contributed by atoms with van der Waals surface area (Å²) in [6.07, 6.45) is 1.56. The van der Waals surface area contributed by atoms with Crippen LogP contribution in [0.1, 0.15) is 6.92 Å². The summed E-state index contributed by atoms with van der Waals surface area (Å²) in [7, 11) is 0. The summed E-state index contributed by atoms with van der Waals surface area (Å²) in [5.74, 6) is 0.397. The van der Waals surface area contributed by atoms with Gasteiger partial charge in [-0.15, -0.1) is 0 Å². The normalized spacial score (nSPS) is 11.4. The molecule has 5 N–H and O–H groups in total. The number of pyridine rings is 1. The molecule has 0 saturated heterocycles. The lowest BCUT2D eigenvalue weighted by molar-refractivity contribution is 0.147. The van der Waals surface area contributed by atoms with Crippen LogP contribution >= 0.6 is 0 Å². The molecule has 0 aliphatic carbocycles. The van der Waals surface area contributed by atoms with Gasteiger partial charge in [-0.1, -0.05) is 0 Å². The zero-order valence-electron chi connectivity index (χ0n) is 8.07. The quantitative estimate of drug-likeness (QED) is 0.537. The number of aromatic nitrogens is 1. The fraction of sp³-hybridized carbons (Fsp3) is 0.444. The van der Waals surface area contributed by atoms with Crippen molar-refractivity contribution < 1.29 is 10.2 Å². The van der Waals surface area contributed by atoms with E-state index in [1.54, 1.807) is 25.3 Å². The Morgan fingerprint density at radius 2 is 2.14 bits per heavy atom. The maximum atomic E-state index is 9.05. The topological polar surface area (TPSA) is 91.4 Å². The monoisotopic (exact) mass is 197 g/mol. The van der Waals surface area contributed by atoms with Crippen LogP contribution < -0.4 is 11.1 Å². The van der Waals surface area contributed by atoms with Gasteiger partial charge in [-0.05, 0) is 13.0 Å². The molecular weight excluding hydrogens is 182 g/mol. The highest BCUT2D eigenvalue weighted by Crippen LogP contribution is 2.15. The van der Waals surface area contributed by atoms with Gasteiger partial charge in [0.15, 0.2) is 0 Å². The second-order valence-electron chi connectivity index (χ2n) is 3.47. The highest BCUT2D eigenvalue weighted by molar-refractivity contribution is 5.51. The molecule has 78 valence electrons. The van der Waals surface area contributed by atoms with Crippen LogP contribution in [-0.2, 0) is 0 Å². The molecule has 1 heterocycles. The summed E-state index contributed by atoms with van der Waals surface area (Å²) in [5, 5.41) is 21.1. The molecule has 0 aliphatic heterocycles. The van der Waals surface area contributed by atoms with Crippen molar-refractivity contribution in [2.45, 2.75) is 12.5 Å². The molecule has 0 aromatic carbocycles. The maximum Gasteiger partial charge on any atom is 0.125 e. The molecule has 1 aromatic rings. The molecule has 0 saturated carbocycles. The molecule has 0 fully saturated rings. The first-order valence-corrected chi connectivity index (χ1v) is 4.31. The SMILES string of the molecule is CC(CO)(CO)Nc1ccnc(N)c1. The van der Waals surface area contributed by atoms with E-state index in [2.05, 4.69) is 10.3 Å². The van der Waals surface area contributed by atoms with Gasteiger partial charge < -0.3 is 21.3 Å². The van der Waals surface area contributed by atoms with Crippen molar-refractivity contribution >= 4 is 11.5 Å². The first kappa shape index (κ1) is 10.7. The lowest BCUT2D eigenvalue weighted by Crippen LogP contribution is -2.42. The first-order chi connectivity index (χ1) is 6.59. The minimum Gasteiger partial charge on any atom is -0.394 e. The van der Waals surface area contributed by atoms with Gasteiger partial charge in [-0.25, -0.2) is 4.98 Å². The molecule has 1 aromatic heterocycles. The number of nitrogens with two attached hydrogens (primary N) is 1. The number of hydrogen-bond acceptors (Lipinski definition) is 5. The van der Waals surface area contributed by atoms with Gasteiger partial charge in [-0.2, -0.15) is 0 Å². The van der Waals surface area contributed by atoms with Crippen molar-refractivity contribution in [1.29, 1.82) is 0 Å². The summed E-state index contributed by atoms with van der Waals surface area (Å²) in [6.45, 7) is 1.39. The van der Waals surface area contributed by atoms with E-state index in [1.807, 2.05) is 0 Å². The van der Waals surface area contributed by atoms with Crippen LogP contribution in [0.4, 0.5) is 11.5 Å². The minimum absolute atomic E-state index is 0.161. The van der Waals surface area contributed by atoms with Gasteiger partial charge >= 0.3 is 0 Å². The van der Waals surface area contributed by atoms with Crippen molar-refractivity contribution in [2.75, 3.05) is 24.3 Å². The smallest absolute Gasteiger partial charge is 0.125 e. The molecule has 0 aliphatic rings. The molecule has 0 atom stereocenters. The second-order valence-corrected chi connectivity index (χ2v) is 3.47. The molecule has 0 radical (unpaired) electrons. The Morgan fingerprint density at radius 3 is 2.64 bits per heavy atom. The third kappa shape index (κ3) is 2.58. The zero-order valence-corrected chi connectivity index (χ0v) is 8.07. The van der Waals surface area contributed by atoms with E-state index < -0.39 is 5.54 Å². The minimum atomic E-state index is -0.742. The number of hydrogen-bond donors (Lipinski definition) is 4. The average Bonchev–Trinajstić information content (AvgIpc) is 2.18. The Bertz CT molecular complexity index is 300. The fourth-order valence-corrected chi connectivity index (χ4v) is 1.00. The summed E-state index contributed by atoms with van der Waals surface area (Å²) in [6, 6.07) is 3.36. The molecular formula is C9H15N3O2. The van der Waals surface area contributed by atoms with E-state index in [-0.39, 0.29) is 13.2 Å². The Labute approximate surface area is 82.6 Å². The number of nitrogen functional groups attached to an aromatic ring is 1. The molecule has 14 heavy (non-hydrogen) atoms. The summed E-state index contributed by atoms with van der Waals surface area (Å²) in [4.78, 5) is 3.83. The summed E-state index contributed by atoms with van der Waals surface area (Å²) < 4.78 is 0. The van der Waals surface area contributed by atoms with Crippen LogP contribution in [0.15, 0.2) is 18.3 Å². The number of rotatable bonds is 4. The van der Waals surface area contributed by atoms with E-state index >= 15 is 0 Å². The van der Waals surface area contributed by atoms with Gasteiger partial charge in [0.1, 0.15) is 5.82 Å². The van der Waals surface area contributed by atoms with Gasteiger partial charge in [0.25, 0.3) is 0 Å². The number of aliphatic hydroxyl groups is 2. The van der Waals surface area contributed by atoms with Gasteiger partial charge in [-0.3, -0.25) is 0 Å². The third-order valence-electron chi connectivity index (χ3n) is 1.93. The second kappa shape index (κ2) is 4.26. The Morgan fingerprint density at radius 1 is 1.50 bits per heavy atom. The standard InChI is InChI=1S/C9H15N3O2/c1-9(5-13,6-14)12-7-2-3-11-8(10)4-7/h2-4,13-14H,5-6H2,1H3,(H3,10,11,12). The number of nitrogens with zero attached hydrogens (tertiary/aromatic N) is 1. The van der Waals surface area contributed by atoms with Crippen molar-refractivity contribution in [3.63, 3.8) is 0 Å². The highest BCUT2D eigenvalue weighted by Gasteiger charge is 2.21. The van der Waals surface area contributed by atoms with E-state index in [9.17, 15) is 0 Å². The van der Waals surface area contributed by atoms with E-state index in [0.29, 0.717) is 5.82 Å². The van der Waals surface area contributed by atoms with Crippen molar-refractivity contribution in [3.8, 4) is 0 Å². The van der Waals surface area contributed by atoms with Gasteiger partial charge in [0.05, 0.1) is 18.8 Å². The Balaban J connectivity index is 2.77. The molecule has 0 unspecified atom stereocenters. The van der Waals surface area contributed by atoms with Crippen LogP contribution in [0, 0.1) is 0 Å². The highest BCUT2D eigenvalue weighted by atomic mass is 16.3. The van der Waals surface area contributed by atoms with Crippen LogP contribution in [0.2, 0.25) is 0 Å². The van der Waals surface area contributed by atoms with E-state index in [4.69, 9.17) is 15.9 Å². The van der Waals surface area contributed by atoms with Crippen LogP contribution in [0.25, 0.3) is 0 Å². The van der Waals surface area contributed by atoms with Crippen LogP contribution in [-0.4, -0.2) is 33.9 Å².